The van der Waals surface area contributed by atoms with Gasteiger partial charge < -0.3 is 9.47 Å². The summed E-state index contributed by atoms with van der Waals surface area (Å²) in [5, 5.41) is 41.0. The first-order valence-corrected chi connectivity index (χ1v) is 16.5. The summed E-state index contributed by atoms with van der Waals surface area (Å²) < 4.78 is 29.0. The smallest absolute Gasteiger partial charge is 0.317 e. The minimum atomic E-state index is -0.434. The Morgan fingerprint density at radius 3 is 1.98 bits per heavy atom. The molecule has 0 spiro atoms. The first kappa shape index (κ1) is 35.1. The quantitative estimate of drug-likeness (QED) is 0.195. The molecule has 0 fully saturated rings. The van der Waals surface area contributed by atoms with Crippen molar-refractivity contribution < 1.29 is 13.9 Å². The highest BCUT2D eigenvalue weighted by Crippen LogP contribution is 2.23. The van der Waals surface area contributed by atoms with E-state index in [9.17, 15) is 4.39 Å². The van der Waals surface area contributed by atoms with Crippen LogP contribution in [-0.2, 0) is 20.7 Å². The standard InChI is InChI=1S/C18H18N8O.C17H15FN8O/c1-12-5-4-6-15(11-12)26-23-16(20-24-26)13(2)27-18-22-21-17(25(18)3)14-7-9-19-10-8-14;1-11-3-4-13(18)14(9-11)26-23-15(20-24-26)10-27-17-22-21-16(25(17)2)12-5-7-19-8-6-12/h4-11,13H,1-3H3;3-9H,10H2,1-2H3. The van der Waals surface area contributed by atoms with Crippen LogP contribution in [0.15, 0.2) is 91.5 Å². The molecule has 8 rings (SSSR count). The van der Waals surface area contributed by atoms with Crippen molar-refractivity contribution in [2.75, 3.05) is 0 Å². The van der Waals surface area contributed by atoms with Gasteiger partial charge in [-0.05, 0) is 90.9 Å². The number of aryl methyl sites for hydroxylation is 2. The highest BCUT2D eigenvalue weighted by Gasteiger charge is 2.20. The number of tetrazole rings is 2. The maximum atomic E-state index is 13.9. The summed E-state index contributed by atoms with van der Waals surface area (Å²) in [4.78, 5) is 10.6. The number of aromatic nitrogens is 16. The van der Waals surface area contributed by atoms with Crippen LogP contribution in [0.25, 0.3) is 34.2 Å². The van der Waals surface area contributed by atoms with Gasteiger partial charge in [0.1, 0.15) is 5.69 Å². The zero-order valence-electron chi connectivity index (χ0n) is 29.8. The van der Waals surface area contributed by atoms with Crippen LogP contribution in [0.3, 0.4) is 0 Å². The van der Waals surface area contributed by atoms with E-state index < -0.39 is 11.9 Å². The van der Waals surface area contributed by atoms with E-state index in [-0.39, 0.29) is 12.3 Å². The van der Waals surface area contributed by atoms with Crippen LogP contribution in [0.1, 0.15) is 35.8 Å². The number of nitrogens with zero attached hydrogens (tertiary/aromatic N) is 16. The van der Waals surface area contributed by atoms with Gasteiger partial charge in [0.05, 0.1) is 5.69 Å². The van der Waals surface area contributed by atoms with Crippen molar-refractivity contribution in [3.05, 3.63) is 120 Å². The molecule has 0 amide bonds. The zero-order valence-corrected chi connectivity index (χ0v) is 29.8. The predicted molar refractivity (Wildman–Crippen MR) is 190 cm³/mol. The fourth-order valence-corrected chi connectivity index (χ4v) is 5.13. The maximum Gasteiger partial charge on any atom is 0.317 e. The fraction of sp³-hybridized carbons (Fsp3) is 0.200. The Hall–Kier alpha value is -7.31. The van der Waals surface area contributed by atoms with E-state index in [2.05, 4.69) is 61.2 Å². The summed E-state index contributed by atoms with van der Waals surface area (Å²) >= 11 is 0. The molecule has 0 N–H and O–H groups in total. The van der Waals surface area contributed by atoms with Crippen molar-refractivity contribution in [1.82, 2.24) is 79.9 Å². The van der Waals surface area contributed by atoms with Gasteiger partial charge in [-0.1, -0.05) is 28.4 Å². The van der Waals surface area contributed by atoms with E-state index in [1.54, 1.807) is 53.1 Å². The summed E-state index contributed by atoms with van der Waals surface area (Å²) in [6.45, 7) is 5.74. The molecule has 54 heavy (non-hydrogen) atoms. The summed E-state index contributed by atoms with van der Waals surface area (Å²) in [6.07, 6.45) is 6.34. The molecule has 19 heteroatoms. The van der Waals surface area contributed by atoms with Crippen LogP contribution in [0.4, 0.5) is 4.39 Å². The van der Waals surface area contributed by atoms with Gasteiger partial charge in [0.25, 0.3) is 0 Å². The molecule has 6 aromatic heterocycles. The molecule has 0 aliphatic rings. The molecular formula is C35H33FN16O2. The Labute approximate surface area is 307 Å². The summed E-state index contributed by atoms with van der Waals surface area (Å²) in [5.41, 5.74) is 4.87. The van der Waals surface area contributed by atoms with Crippen LogP contribution < -0.4 is 9.47 Å². The third kappa shape index (κ3) is 7.78. The highest BCUT2D eigenvalue weighted by atomic mass is 19.1. The topological polar surface area (TPSA) is 193 Å². The van der Waals surface area contributed by atoms with E-state index in [0.717, 1.165) is 32.7 Å². The number of pyridine rings is 2. The second-order valence-electron chi connectivity index (χ2n) is 12.0. The van der Waals surface area contributed by atoms with Gasteiger partial charge >= 0.3 is 12.0 Å². The van der Waals surface area contributed by atoms with Gasteiger partial charge in [0.2, 0.25) is 11.6 Å². The molecule has 272 valence electrons. The third-order valence-corrected chi connectivity index (χ3v) is 7.96. The number of hydrogen-bond donors (Lipinski definition) is 0. The Morgan fingerprint density at radius 2 is 1.30 bits per heavy atom. The monoisotopic (exact) mass is 728 g/mol. The predicted octanol–water partition coefficient (Wildman–Crippen LogP) is 4.18. The molecule has 0 saturated carbocycles. The first-order chi connectivity index (χ1) is 26.2. The number of rotatable bonds is 10. The zero-order chi connectivity index (χ0) is 37.6. The van der Waals surface area contributed by atoms with Gasteiger partial charge in [-0.15, -0.1) is 40.2 Å². The first-order valence-electron chi connectivity index (χ1n) is 16.5. The lowest BCUT2D eigenvalue weighted by Gasteiger charge is -2.10. The van der Waals surface area contributed by atoms with Crippen LogP contribution >= 0.6 is 0 Å². The van der Waals surface area contributed by atoms with Crippen molar-refractivity contribution in [2.24, 2.45) is 14.1 Å². The second-order valence-corrected chi connectivity index (χ2v) is 12.0. The molecule has 0 saturated heterocycles. The maximum absolute atomic E-state index is 13.9. The van der Waals surface area contributed by atoms with Crippen LogP contribution in [-0.4, -0.2) is 79.9 Å². The number of halogens is 1. The van der Waals surface area contributed by atoms with E-state index in [1.807, 2.05) is 76.3 Å². The van der Waals surface area contributed by atoms with E-state index in [1.165, 1.54) is 10.9 Å². The fourth-order valence-electron chi connectivity index (χ4n) is 5.13. The largest absolute Gasteiger partial charge is 0.455 e. The highest BCUT2D eigenvalue weighted by molar-refractivity contribution is 5.55. The van der Waals surface area contributed by atoms with Crippen LogP contribution in [0.5, 0.6) is 12.0 Å². The minimum absolute atomic E-state index is 0.0236. The Balaban J connectivity index is 0.000000167. The molecule has 0 aliphatic heterocycles. The molecule has 0 bridgehead atoms. The van der Waals surface area contributed by atoms with Crippen LogP contribution in [0, 0.1) is 19.7 Å². The Bertz CT molecular complexity index is 2480. The molecular weight excluding hydrogens is 695 g/mol. The summed E-state index contributed by atoms with van der Waals surface area (Å²) in [6, 6.07) is 20.6. The SMILES string of the molecule is Cc1ccc(F)c(-n2nnc(COc3nnc(-c4ccncc4)n3C)n2)c1.Cc1cccc(-n2nnc(C(C)Oc3nnc(-c4ccncc4)n3C)n2)c1. The van der Waals surface area contributed by atoms with Crippen molar-refractivity contribution in [3.63, 3.8) is 0 Å². The third-order valence-electron chi connectivity index (χ3n) is 7.96. The Morgan fingerprint density at radius 1 is 0.667 bits per heavy atom. The normalized spacial score (nSPS) is 11.5. The molecule has 0 aliphatic carbocycles. The minimum Gasteiger partial charge on any atom is -0.455 e. The van der Waals surface area contributed by atoms with Crippen LogP contribution in [0.2, 0.25) is 0 Å². The van der Waals surface area contributed by atoms with Crippen molar-refractivity contribution in [3.8, 4) is 46.2 Å². The molecule has 8 aromatic rings. The molecule has 2 aromatic carbocycles. The lowest BCUT2D eigenvalue weighted by molar-refractivity contribution is 0.190. The molecule has 18 nitrogen and oxygen atoms in total. The lowest BCUT2D eigenvalue weighted by atomic mass is 10.2. The number of ether oxygens (including phenoxy) is 2. The van der Waals surface area contributed by atoms with E-state index in [0.29, 0.717) is 35.3 Å². The number of benzene rings is 2. The van der Waals surface area contributed by atoms with Gasteiger partial charge in [-0.25, -0.2) is 4.39 Å². The summed E-state index contributed by atoms with van der Waals surface area (Å²) in [7, 11) is 3.63. The van der Waals surface area contributed by atoms with Gasteiger partial charge in [0, 0.05) is 50.0 Å². The second kappa shape index (κ2) is 15.5. The van der Waals surface area contributed by atoms with Crippen molar-refractivity contribution in [2.45, 2.75) is 33.5 Å². The average Bonchev–Trinajstić information content (AvgIpc) is 4.01. The van der Waals surface area contributed by atoms with E-state index >= 15 is 0 Å². The van der Waals surface area contributed by atoms with Gasteiger partial charge in [0.15, 0.2) is 30.2 Å². The summed E-state index contributed by atoms with van der Waals surface area (Å²) in [5.74, 6) is 1.66. The van der Waals surface area contributed by atoms with Gasteiger partial charge in [-0.3, -0.25) is 19.1 Å². The molecule has 1 atom stereocenters. The molecule has 1 unspecified atom stereocenters. The lowest BCUT2D eigenvalue weighted by Crippen LogP contribution is -2.09. The van der Waals surface area contributed by atoms with Crippen molar-refractivity contribution >= 4 is 0 Å². The van der Waals surface area contributed by atoms with Gasteiger partial charge in [-0.2, -0.15) is 0 Å². The van der Waals surface area contributed by atoms with E-state index in [4.69, 9.17) is 9.47 Å². The number of hydrogen-bond acceptors (Lipinski definition) is 14. The average molecular weight is 729 g/mol. The molecule has 6 heterocycles. The Kier molecular flexibility index (Phi) is 10.1. The van der Waals surface area contributed by atoms with Crippen molar-refractivity contribution in [1.29, 1.82) is 0 Å². The molecule has 0 radical (unpaired) electrons.